The Kier molecular flexibility index (Phi) is 5.53. The first-order valence-electron chi connectivity index (χ1n) is 12.9. The van der Waals surface area contributed by atoms with E-state index in [2.05, 4.69) is 26.4 Å². The summed E-state index contributed by atoms with van der Waals surface area (Å²) in [5.41, 5.74) is 3.24. The molecule has 0 bridgehead atoms. The number of piperidine rings is 1. The Morgan fingerprint density at radius 1 is 1.13 bits per heavy atom. The van der Waals surface area contributed by atoms with Crippen LogP contribution >= 0.6 is 0 Å². The van der Waals surface area contributed by atoms with Gasteiger partial charge in [0.2, 0.25) is 0 Å². The van der Waals surface area contributed by atoms with Crippen LogP contribution in [0.25, 0.3) is 22.7 Å². The maximum Gasteiger partial charge on any atom is 0.277 e. The zero-order valence-electron chi connectivity index (χ0n) is 21.4. The van der Waals surface area contributed by atoms with Gasteiger partial charge in [-0.3, -0.25) is 4.98 Å². The summed E-state index contributed by atoms with van der Waals surface area (Å²) >= 11 is 0. The molecule has 7 rings (SSSR count). The minimum atomic E-state index is -1.34. The minimum Gasteiger partial charge on any atom is -0.390 e. The van der Waals surface area contributed by atoms with Gasteiger partial charge in [-0.2, -0.15) is 0 Å². The smallest absolute Gasteiger partial charge is 0.277 e. The molecule has 1 N–H and O–H groups in total. The summed E-state index contributed by atoms with van der Waals surface area (Å²) < 4.78 is 27.0. The van der Waals surface area contributed by atoms with Crippen molar-refractivity contribution in [2.45, 2.75) is 31.9 Å². The number of halogens is 1. The van der Waals surface area contributed by atoms with Crippen LogP contribution in [-0.4, -0.2) is 61.9 Å². The second kappa shape index (κ2) is 8.99. The zero-order valence-corrected chi connectivity index (χ0v) is 21.4. The molecule has 3 aromatic heterocycles. The van der Waals surface area contributed by atoms with E-state index in [1.165, 1.54) is 12.1 Å². The van der Waals surface area contributed by atoms with Crippen LogP contribution < -0.4 is 0 Å². The van der Waals surface area contributed by atoms with Gasteiger partial charge in [-0.05, 0) is 67.0 Å². The molecule has 200 valence electrons. The highest BCUT2D eigenvalue weighted by Gasteiger charge is 2.55. The van der Waals surface area contributed by atoms with E-state index in [4.69, 9.17) is 14.1 Å². The quantitative estimate of drug-likeness (QED) is 0.423. The van der Waals surface area contributed by atoms with Crippen LogP contribution in [0.4, 0.5) is 4.39 Å². The third-order valence-corrected chi connectivity index (χ3v) is 8.07. The normalized spacial score (nSPS) is 23.3. The number of fused-ring (bicyclic) bond motifs is 2. The molecule has 10 nitrogen and oxygen atoms in total. The number of oxime groups is 1. The zero-order chi connectivity index (χ0) is 26.6. The maximum atomic E-state index is 13.7. The number of benzene rings is 1. The Balaban J connectivity index is 1.34. The Hall–Kier alpha value is -4.09. The predicted molar refractivity (Wildman–Crippen MR) is 139 cm³/mol. The number of nitrogens with zero attached hydrogens (tertiary/aromatic N) is 6. The summed E-state index contributed by atoms with van der Waals surface area (Å²) in [4.78, 5) is 16.6. The molecule has 0 aliphatic carbocycles. The molecule has 11 heteroatoms. The monoisotopic (exact) mass is 530 g/mol. The van der Waals surface area contributed by atoms with E-state index in [9.17, 15) is 9.50 Å². The molecule has 3 aliphatic heterocycles. The molecular weight excluding hydrogens is 503 g/mol. The highest BCUT2D eigenvalue weighted by atomic mass is 19.1. The molecule has 1 unspecified atom stereocenters. The maximum absolute atomic E-state index is 13.7. The fourth-order valence-electron chi connectivity index (χ4n) is 5.97. The number of aromatic nitrogens is 4. The van der Waals surface area contributed by atoms with Crippen molar-refractivity contribution in [1.29, 1.82) is 0 Å². The van der Waals surface area contributed by atoms with Gasteiger partial charge in [-0.25, -0.2) is 9.37 Å². The summed E-state index contributed by atoms with van der Waals surface area (Å²) in [6.07, 6.45) is 11.1. The molecule has 1 atom stereocenters. The lowest BCUT2D eigenvalue weighted by Gasteiger charge is -2.48. The SMILES string of the molecule is Cc1cn(-c2ccc(C=C3CC4(CCOCC4)CN4C3=NOC4(CO)c3ccc(F)cn3)c3cnoc23)cn1. The van der Waals surface area contributed by atoms with Crippen molar-refractivity contribution in [1.82, 2.24) is 24.6 Å². The Bertz CT molecular complexity index is 1600. The first kappa shape index (κ1) is 24.0. The molecule has 2 saturated heterocycles. The van der Waals surface area contributed by atoms with E-state index >= 15 is 0 Å². The molecule has 2 fully saturated rings. The molecule has 0 amide bonds. The van der Waals surface area contributed by atoms with E-state index in [0.29, 0.717) is 36.9 Å². The lowest BCUT2D eigenvalue weighted by Crippen LogP contribution is -2.57. The number of rotatable bonds is 4. The van der Waals surface area contributed by atoms with Crippen molar-refractivity contribution in [2.24, 2.45) is 10.6 Å². The molecule has 6 heterocycles. The van der Waals surface area contributed by atoms with Gasteiger partial charge < -0.3 is 28.7 Å². The van der Waals surface area contributed by atoms with Crippen LogP contribution in [0.15, 0.2) is 64.4 Å². The number of amidine groups is 1. The summed E-state index contributed by atoms with van der Waals surface area (Å²) in [5, 5.41) is 20.1. The van der Waals surface area contributed by atoms with E-state index in [-0.39, 0.29) is 5.41 Å². The van der Waals surface area contributed by atoms with Crippen LogP contribution in [0.2, 0.25) is 0 Å². The summed E-state index contributed by atoms with van der Waals surface area (Å²) in [6.45, 7) is 3.46. The van der Waals surface area contributed by atoms with Crippen molar-refractivity contribution < 1.29 is 23.6 Å². The lowest BCUT2D eigenvalue weighted by atomic mass is 9.71. The van der Waals surface area contributed by atoms with Gasteiger partial charge in [0.25, 0.3) is 5.72 Å². The number of ether oxygens (including phenoxy) is 1. The Labute approximate surface area is 223 Å². The largest absolute Gasteiger partial charge is 0.390 e. The van der Waals surface area contributed by atoms with Crippen LogP contribution in [0, 0.1) is 18.2 Å². The van der Waals surface area contributed by atoms with Crippen LogP contribution in [0.1, 0.15) is 36.2 Å². The number of aliphatic hydroxyl groups excluding tert-OH is 1. The van der Waals surface area contributed by atoms with Gasteiger partial charge in [0.15, 0.2) is 11.4 Å². The first-order valence-corrected chi connectivity index (χ1v) is 12.9. The second-order valence-electron chi connectivity index (χ2n) is 10.5. The van der Waals surface area contributed by atoms with Crippen LogP contribution in [0.5, 0.6) is 0 Å². The summed E-state index contributed by atoms with van der Waals surface area (Å²) in [5.74, 6) is 0.171. The van der Waals surface area contributed by atoms with Gasteiger partial charge in [0.05, 0.1) is 35.5 Å². The highest BCUT2D eigenvalue weighted by Crippen LogP contribution is 2.49. The van der Waals surface area contributed by atoms with E-state index in [1.54, 1.807) is 12.5 Å². The van der Waals surface area contributed by atoms with Crippen molar-refractivity contribution in [3.8, 4) is 5.69 Å². The van der Waals surface area contributed by atoms with Crippen molar-refractivity contribution in [3.63, 3.8) is 0 Å². The number of aryl methyl sites for hydroxylation is 1. The first-order chi connectivity index (χ1) is 19.0. The average molecular weight is 531 g/mol. The third-order valence-electron chi connectivity index (χ3n) is 8.07. The van der Waals surface area contributed by atoms with E-state index in [1.807, 2.05) is 34.7 Å². The van der Waals surface area contributed by atoms with Crippen LogP contribution in [0.3, 0.4) is 0 Å². The fraction of sp³-hybridized carbons (Fsp3) is 0.357. The van der Waals surface area contributed by atoms with Crippen molar-refractivity contribution >= 4 is 22.9 Å². The molecule has 0 saturated carbocycles. The number of pyridine rings is 1. The highest BCUT2D eigenvalue weighted by molar-refractivity contribution is 6.05. The topological polar surface area (TPSA) is 111 Å². The van der Waals surface area contributed by atoms with Crippen molar-refractivity contribution in [2.75, 3.05) is 26.4 Å². The molecular formula is C28H27FN6O4. The predicted octanol–water partition coefficient (Wildman–Crippen LogP) is 3.93. The second-order valence-corrected chi connectivity index (χ2v) is 10.5. The summed E-state index contributed by atoms with van der Waals surface area (Å²) in [7, 11) is 0. The number of hydrogen-bond acceptors (Lipinski definition) is 9. The molecule has 3 aliphatic rings. The van der Waals surface area contributed by atoms with Crippen molar-refractivity contribution in [3.05, 3.63) is 77.5 Å². The Morgan fingerprint density at radius 3 is 2.74 bits per heavy atom. The molecule has 1 aromatic carbocycles. The molecule has 1 spiro atoms. The van der Waals surface area contributed by atoms with E-state index in [0.717, 1.165) is 53.4 Å². The van der Waals surface area contributed by atoms with Gasteiger partial charge in [-0.1, -0.05) is 16.4 Å². The van der Waals surface area contributed by atoms with Gasteiger partial charge >= 0.3 is 0 Å². The molecule has 4 aromatic rings. The molecule has 0 radical (unpaired) electrons. The number of imidazole rings is 1. The van der Waals surface area contributed by atoms with Crippen LogP contribution in [-0.2, 0) is 15.3 Å². The van der Waals surface area contributed by atoms with Gasteiger partial charge in [0, 0.05) is 26.0 Å². The Morgan fingerprint density at radius 2 is 2.00 bits per heavy atom. The minimum absolute atomic E-state index is 0.112. The van der Waals surface area contributed by atoms with Gasteiger partial charge in [0.1, 0.15) is 18.1 Å². The number of hydrogen-bond donors (Lipinski definition) is 1. The number of aliphatic hydroxyl groups is 1. The fourth-order valence-corrected chi connectivity index (χ4v) is 5.97. The summed E-state index contributed by atoms with van der Waals surface area (Å²) in [6, 6.07) is 6.87. The lowest BCUT2D eigenvalue weighted by molar-refractivity contribution is -0.153. The van der Waals surface area contributed by atoms with E-state index < -0.39 is 18.1 Å². The third kappa shape index (κ3) is 3.83. The van der Waals surface area contributed by atoms with Gasteiger partial charge in [-0.15, -0.1) is 0 Å². The standard InChI is InChI=1S/C28H27FN6O4/c1-18-14-34(17-31-18)23-4-2-19(22-13-32-38-25(22)23)10-20-11-27(6-8-37-9-7-27)15-35-26(20)33-39-28(35,16-36)24-5-3-21(29)12-30-24/h2-5,10,12-14,17,36H,6-9,11,15-16H2,1H3. The molecule has 39 heavy (non-hydrogen) atoms. The average Bonchev–Trinajstić information content (AvgIpc) is 3.69.